The van der Waals surface area contributed by atoms with Crippen LogP contribution < -0.4 is 14.4 Å². The Morgan fingerprint density at radius 2 is 1.82 bits per heavy atom. The van der Waals surface area contributed by atoms with Crippen LogP contribution in [0.5, 0.6) is 11.5 Å². The first-order valence-electron chi connectivity index (χ1n) is 9.25. The predicted molar refractivity (Wildman–Crippen MR) is 113 cm³/mol. The zero-order chi connectivity index (χ0) is 20.3. The van der Waals surface area contributed by atoms with E-state index >= 15 is 0 Å². The van der Waals surface area contributed by atoms with Crippen molar-refractivity contribution >= 4 is 34.8 Å². The van der Waals surface area contributed by atoms with Crippen molar-refractivity contribution in [3.63, 3.8) is 0 Å². The van der Waals surface area contributed by atoms with Crippen LogP contribution in [0.2, 0.25) is 10.0 Å². The second-order valence-corrected chi connectivity index (χ2v) is 7.48. The Morgan fingerprint density at radius 1 is 1.11 bits per heavy atom. The molecule has 0 aromatic heterocycles. The standard InChI is InChI=1S/C21H24Cl2N2O3/c1-4-28-20-17(23)11-15(12-19(20)27-3)21(26)25-9-7-24(8-10-25)18-13-16(22)6-5-14(18)2/h5-6,11-13H,4,7-10H2,1-3H3. The summed E-state index contributed by atoms with van der Waals surface area (Å²) in [6.07, 6.45) is 0. The molecule has 0 aliphatic carbocycles. The van der Waals surface area contributed by atoms with Gasteiger partial charge in [-0.2, -0.15) is 0 Å². The van der Waals surface area contributed by atoms with Crippen LogP contribution >= 0.6 is 23.2 Å². The fourth-order valence-electron chi connectivity index (χ4n) is 3.38. The molecular formula is C21H24Cl2N2O3. The van der Waals surface area contributed by atoms with Gasteiger partial charge in [0.05, 0.1) is 18.7 Å². The number of carbonyl (C=O) groups excluding carboxylic acids is 1. The van der Waals surface area contributed by atoms with Crippen LogP contribution in [0.3, 0.4) is 0 Å². The average Bonchev–Trinajstić information content (AvgIpc) is 2.70. The first-order chi connectivity index (χ1) is 13.4. The zero-order valence-electron chi connectivity index (χ0n) is 16.3. The van der Waals surface area contributed by atoms with Crippen molar-refractivity contribution in [2.75, 3.05) is 44.8 Å². The number of halogens is 2. The summed E-state index contributed by atoms with van der Waals surface area (Å²) < 4.78 is 10.9. The molecular weight excluding hydrogens is 399 g/mol. The van der Waals surface area contributed by atoms with Crippen LogP contribution in [-0.4, -0.2) is 50.7 Å². The molecule has 1 saturated heterocycles. The third-order valence-electron chi connectivity index (χ3n) is 4.84. The SMILES string of the molecule is CCOc1c(Cl)cc(C(=O)N2CCN(c3cc(Cl)ccc3C)CC2)cc1OC. The third-order valence-corrected chi connectivity index (χ3v) is 5.36. The number of amides is 1. The molecule has 1 fully saturated rings. The van der Waals surface area contributed by atoms with E-state index in [9.17, 15) is 4.79 Å². The van der Waals surface area contributed by atoms with E-state index in [1.807, 2.05) is 30.0 Å². The molecule has 2 aromatic carbocycles. The van der Waals surface area contributed by atoms with Gasteiger partial charge in [-0.1, -0.05) is 29.3 Å². The van der Waals surface area contributed by atoms with Crippen LogP contribution in [0.15, 0.2) is 30.3 Å². The third kappa shape index (κ3) is 4.31. The van der Waals surface area contributed by atoms with E-state index in [0.29, 0.717) is 41.8 Å². The van der Waals surface area contributed by atoms with E-state index in [4.69, 9.17) is 32.7 Å². The molecule has 1 aliphatic heterocycles. The van der Waals surface area contributed by atoms with E-state index in [2.05, 4.69) is 11.8 Å². The Hall–Kier alpha value is -2.11. The summed E-state index contributed by atoms with van der Waals surface area (Å²) >= 11 is 12.5. The largest absolute Gasteiger partial charge is 0.493 e. The summed E-state index contributed by atoms with van der Waals surface area (Å²) in [4.78, 5) is 17.1. The minimum absolute atomic E-state index is 0.0642. The molecule has 0 saturated carbocycles. The molecule has 0 bridgehead atoms. The van der Waals surface area contributed by atoms with E-state index in [-0.39, 0.29) is 5.91 Å². The van der Waals surface area contributed by atoms with E-state index in [1.54, 1.807) is 12.1 Å². The Kier molecular flexibility index (Phi) is 6.57. The molecule has 1 heterocycles. The molecule has 3 rings (SSSR count). The van der Waals surface area contributed by atoms with Crippen molar-refractivity contribution in [1.82, 2.24) is 4.90 Å². The van der Waals surface area contributed by atoms with Gasteiger partial charge in [0.25, 0.3) is 5.91 Å². The smallest absolute Gasteiger partial charge is 0.254 e. The molecule has 0 N–H and O–H groups in total. The maximum Gasteiger partial charge on any atom is 0.254 e. The highest BCUT2D eigenvalue weighted by atomic mass is 35.5. The van der Waals surface area contributed by atoms with Gasteiger partial charge in [0.15, 0.2) is 11.5 Å². The zero-order valence-corrected chi connectivity index (χ0v) is 17.8. The Bertz CT molecular complexity index is 865. The fourth-order valence-corrected chi connectivity index (χ4v) is 3.82. The van der Waals surface area contributed by atoms with Gasteiger partial charge in [0.1, 0.15) is 0 Å². The lowest BCUT2D eigenvalue weighted by Crippen LogP contribution is -2.49. The molecule has 7 heteroatoms. The summed E-state index contributed by atoms with van der Waals surface area (Å²) in [6.45, 7) is 7.14. The number of piperazine rings is 1. The molecule has 1 amide bonds. The van der Waals surface area contributed by atoms with Crippen LogP contribution in [0.1, 0.15) is 22.8 Å². The average molecular weight is 423 g/mol. The lowest BCUT2D eigenvalue weighted by molar-refractivity contribution is 0.0746. The van der Waals surface area contributed by atoms with Crippen molar-refractivity contribution < 1.29 is 14.3 Å². The second-order valence-electron chi connectivity index (χ2n) is 6.63. The minimum Gasteiger partial charge on any atom is -0.493 e. The van der Waals surface area contributed by atoms with Gasteiger partial charge in [-0.15, -0.1) is 0 Å². The Morgan fingerprint density at radius 3 is 2.46 bits per heavy atom. The lowest BCUT2D eigenvalue weighted by atomic mass is 10.1. The summed E-state index contributed by atoms with van der Waals surface area (Å²) in [5.74, 6) is 0.862. The molecule has 28 heavy (non-hydrogen) atoms. The molecule has 5 nitrogen and oxygen atoms in total. The molecule has 0 atom stereocenters. The highest BCUT2D eigenvalue weighted by Crippen LogP contribution is 2.37. The summed E-state index contributed by atoms with van der Waals surface area (Å²) in [7, 11) is 1.54. The van der Waals surface area contributed by atoms with Crippen LogP contribution in [0.25, 0.3) is 0 Å². The monoisotopic (exact) mass is 422 g/mol. The van der Waals surface area contributed by atoms with E-state index in [0.717, 1.165) is 23.8 Å². The first kappa shape index (κ1) is 20.6. The van der Waals surface area contributed by atoms with Gasteiger partial charge < -0.3 is 19.3 Å². The number of hydrogen-bond acceptors (Lipinski definition) is 4. The number of hydrogen-bond donors (Lipinski definition) is 0. The second kappa shape index (κ2) is 8.93. The number of nitrogens with zero attached hydrogens (tertiary/aromatic N) is 2. The quantitative estimate of drug-likeness (QED) is 0.701. The normalized spacial score (nSPS) is 14.2. The van der Waals surface area contributed by atoms with Gasteiger partial charge in [0.2, 0.25) is 0 Å². The highest BCUT2D eigenvalue weighted by Gasteiger charge is 2.25. The molecule has 0 radical (unpaired) electrons. The number of ether oxygens (including phenoxy) is 2. The van der Waals surface area contributed by atoms with Crippen molar-refractivity contribution in [1.29, 1.82) is 0 Å². The van der Waals surface area contributed by atoms with E-state index < -0.39 is 0 Å². The first-order valence-corrected chi connectivity index (χ1v) is 10.0. The van der Waals surface area contributed by atoms with Gasteiger partial charge in [-0.25, -0.2) is 0 Å². The molecule has 1 aliphatic rings. The van der Waals surface area contributed by atoms with Crippen molar-refractivity contribution in [3.05, 3.63) is 51.5 Å². The van der Waals surface area contributed by atoms with Gasteiger partial charge in [0, 0.05) is 42.5 Å². The molecule has 0 unspecified atom stereocenters. The van der Waals surface area contributed by atoms with Crippen molar-refractivity contribution in [2.45, 2.75) is 13.8 Å². The number of benzene rings is 2. The number of rotatable bonds is 5. The molecule has 2 aromatic rings. The molecule has 0 spiro atoms. The predicted octanol–water partition coefficient (Wildman–Crippen LogP) is 4.67. The maximum atomic E-state index is 13.0. The van der Waals surface area contributed by atoms with Crippen molar-refractivity contribution in [2.24, 2.45) is 0 Å². The highest BCUT2D eigenvalue weighted by molar-refractivity contribution is 6.32. The van der Waals surface area contributed by atoms with Gasteiger partial charge >= 0.3 is 0 Å². The minimum atomic E-state index is -0.0642. The lowest BCUT2D eigenvalue weighted by Gasteiger charge is -2.37. The number of aryl methyl sites for hydroxylation is 1. The summed E-state index contributed by atoms with van der Waals surface area (Å²) in [5.41, 5.74) is 2.79. The number of anilines is 1. The molecule has 150 valence electrons. The Labute approximate surface area is 175 Å². The van der Waals surface area contributed by atoms with Crippen molar-refractivity contribution in [3.8, 4) is 11.5 Å². The van der Waals surface area contributed by atoms with Gasteiger partial charge in [-0.05, 0) is 43.7 Å². The number of methoxy groups -OCH3 is 1. The summed E-state index contributed by atoms with van der Waals surface area (Å²) in [5, 5.41) is 1.09. The fraction of sp³-hybridized carbons (Fsp3) is 0.381. The van der Waals surface area contributed by atoms with E-state index in [1.165, 1.54) is 12.7 Å². The number of carbonyl (C=O) groups is 1. The van der Waals surface area contributed by atoms with Gasteiger partial charge in [-0.3, -0.25) is 4.79 Å². The summed E-state index contributed by atoms with van der Waals surface area (Å²) in [6, 6.07) is 9.22. The van der Waals surface area contributed by atoms with Crippen LogP contribution in [0.4, 0.5) is 5.69 Å². The topological polar surface area (TPSA) is 42.0 Å². The Balaban J connectivity index is 1.73. The maximum absolute atomic E-state index is 13.0. The van der Waals surface area contributed by atoms with Crippen LogP contribution in [0, 0.1) is 6.92 Å². The van der Waals surface area contributed by atoms with Crippen LogP contribution in [-0.2, 0) is 0 Å².